The highest BCUT2D eigenvalue weighted by molar-refractivity contribution is 7.89. The number of rotatable bonds is 6. The summed E-state index contributed by atoms with van der Waals surface area (Å²) >= 11 is 0. The van der Waals surface area contributed by atoms with Crippen molar-refractivity contribution < 1.29 is 33.0 Å². The molecule has 1 aliphatic rings. The van der Waals surface area contributed by atoms with Gasteiger partial charge in [-0.25, -0.2) is 18.4 Å². The van der Waals surface area contributed by atoms with Gasteiger partial charge in [-0.2, -0.15) is 0 Å². The van der Waals surface area contributed by atoms with Crippen LogP contribution in [0.25, 0.3) is 0 Å². The van der Waals surface area contributed by atoms with Gasteiger partial charge in [0.05, 0.1) is 12.2 Å². The molecule has 0 saturated carbocycles. The molecular weight excluding hydrogens is 280 g/mol. The summed E-state index contributed by atoms with van der Waals surface area (Å²) in [5, 5.41) is 22.4. The van der Waals surface area contributed by atoms with E-state index < -0.39 is 52.0 Å². The average Bonchev–Trinajstić information content (AvgIpc) is 2.52. The Labute approximate surface area is 109 Å². The Morgan fingerprint density at radius 1 is 1.42 bits per heavy atom. The number of carboxylic acids is 2. The molecule has 1 fully saturated rings. The molecule has 1 unspecified atom stereocenters. The molecule has 0 bridgehead atoms. The number of likely N-dealkylation sites (tertiary alicyclic amines) is 1. The van der Waals surface area contributed by atoms with E-state index in [9.17, 15) is 22.8 Å². The van der Waals surface area contributed by atoms with Gasteiger partial charge in [-0.05, 0) is 0 Å². The first kappa shape index (κ1) is 15.4. The van der Waals surface area contributed by atoms with Gasteiger partial charge >= 0.3 is 11.9 Å². The van der Waals surface area contributed by atoms with E-state index in [1.165, 1.54) is 0 Å². The molecule has 10 heteroatoms. The van der Waals surface area contributed by atoms with Gasteiger partial charge in [-0.3, -0.25) is 9.59 Å². The molecule has 9 nitrogen and oxygen atoms in total. The van der Waals surface area contributed by atoms with Crippen molar-refractivity contribution in [3.63, 3.8) is 0 Å². The third-order valence-electron chi connectivity index (χ3n) is 2.74. The third-order valence-corrected chi connectivity index (χ3v) is 3.67. The van der Waals surface area contributed by atoms with Gasteiger partial charge in [0.15, 0.2) is 0 Å². The van der Waals surface area contributed by atoms with Crippen molar-refractivity contribution in [2.45, 2.75) is 18.9 Å². The van der Waals surface area contributed by atoms with Crippen LogP contribution in [0.5, 0.6) is 0 Å². The van der Waals surface area contributed by atoms with Crippen molar-refractivity contribution in [1.82, 2.24) is 4.90 Å². The van der Waals surface area contributed by atoms with Gasteiger partial charge < -0.3 is 15.1 Å². The summed E-state index contributed by atoms with van der Waals surface area (Å²) in [5.74, 6) is -4.42. The monoisotopic (exact) mass is 294 g/mol. The van der Waals surface area contributed by atoms with Gasteiger partial charge in [0.1, 0.15) is 6.04 Å². The van der Waals surface area contributed by atoms with E-state index in [2.05, 4.69) is 0 Å². The largest absolute Gasteiger partial charge is 0.481 e. The van der Waals surface area contributed by atoms with E-state index in [0.29, 0.717) is 0 Å². The van der Waals surface area contributed by atoms with Crippen LogP contribution < -0.4 is 5.14 Å². The molecule has 0 aromatic heterocycles. The smallest absolute Gasteiger partial charge is 0.327 e. The van der Waals surface area contributed by atoms with Crippen molar-refractivity contribution in [2.24, 2.45) is 11.1 Å². The van der Waals surface area contributed by atoms with E-state index in [1.54, 1.807) is 0 Å². The summed E-state index contributed by atoms with van der Waals surface area (Å²) < 4.78 is 21.8. The number of carbonyl (C=O) groups excluding carboxylic acids is 1. The van der Waals surface area contributed by atoms with Crippen LogP contribution in [0.4, 0.5) is 0 Å². The Bertz CT molecular complexity index is 501. The van der Waals surface area contributed by atoms with E-state index in [-0.39, 0.29) is 13.0 Å². The molecular formula is C9H14N2O7S. The van der Waals surface area contributed by atoms with Crippen LogP contribution in [0.15, 0.2) is 0 Å². The highest BCUT2D eigenvalue weighted by Gasteiger charge is 2.39. The predicted molar refractivity (Wildman–Crippen MR) is 61.5 cm³/mol. The van der Waals surface area contributed by atoms with Gasteiger partial charge in [-0.1, -0.05) is 0 Å². The number of nitrogens with two attached hydrogens (primary N) is 1. The number of amides is 1. The fourth-order valence-corrected chi connectivity index (χ4v) is 2.93. The molecule has 19 heavy (non-hydrogen) atoms. The first-order valence-electron chi connectivity index (χ1n) is 5.34. The highest BCUT2D eigenvalue weighted by Crippen LogP contribution is 2.22. The second-order valence-electron chi connectivity index (χ2n) is 4.40. The number of aliphatic carboxylic acids is 2. The van der Waals surface area contributed by atoms with Crippen LogP contribution in [0.1, 0.15) is 12.8 Å². The summed E-state index contributed by atoms with van der Waals surface area (Å²) in [6, 6.07) is -1.49. The first-order valence-corrected chi connectivity index (χ1v) is 7.06. The molecule has 1 aliphatic heterocycles. The molecule has 1 heterocycles. The highest BCUT2D eigenvalue weighted by atomic mass is 32.2. The van der Waals surface area contributed by atoms with Crippen molar-refractivity contribution in [3.8, 4) is 0 Å². The van der Waals surface area contributed by atoms with Crippen molar-refractivity contribution in [1.29, 1.82) is 0 Å². The maximum absolute atomic E-state index is 11.6. The average molecular weight is 294 g/mol. The molecule has 2 atom stereocenters. The Balaban J connectivity index is 2.80. The Kier molecular flexibility index (Phi) is 4.48. The topological polar surface area (TPSA) is 155 Å². The number of hydrogen-bond acceptors (Lipinski definition) is 5. The Morgan fingerprint density at radius 3 is 2.42 bits per heavy atom. The lowest BCUT2D eigenvalue weighted by Crippen LogP contribution is -2.43. The van der Waals surface area contributed by atoms with Gasteiger partial charge in [0.25, 0.3) is 0 Å². The van der Waals surface area contributed by atoms with Gasteiger partial charge in [-0.15, -0.1) is 0 Å². The van der Waals surface area contributed by atoms with E-state index in [1.807, 2.05) is 0 Å². The molecule has 0 spiro atoms. The summed E-state index contributed by atoms with van der Waals surface area (Å²) in [5.41, 5.74) is 0. The van der Waals surface area contributed by atoms with Crippen molar-refractivity contribution in [3.05, 3.63) is 0 Å². The standard InChI is InChI=1S/C9H14N2O7S/c10-19(17,18)4-5-1-7(12)11(3-5)6(9(15)16)2-8(13)14/h5-6H,1-4H2,(H,13,14)(H,15,16)(H2,10,17,18)/t5?,6-/m0/s1. The lowest BCUT2D eigenvalue weighted by atomic mass is 10.1. The van der Waals surface area contributed by atoms with Crippen molar-refractivity contribution >= 4 is 27.9 Å². The number of nitrogens with zero attached hydrogens (tertiary/aromatic N) is 1. The van der Waals surface area contributed by atoms with Crippen molar-refractivity contribution in [2.75, 3.05) is 12.3 Å². The molecule has 108 valence electrons. The fourth-order valence-electron chi connectivity index (χ4n) is 2.05. The van der Waals surface area contributed by atoms with Crippen LogP contribution >= 0.6 is 0 Å². The van der Waals surface area contributed by atoms with Crippen LogP contribution in [0.3, 0.4) is 0 Å². The minimum atomic E-state index is -3.77. The second kappa shape index (κ2) is 5.53. The molecule has 0 radical (unpaired) electrons. The Hall–Kier alpha value is -1.68. The second-order valence-corrected chi connectivity index (χ2v) is 6.06. The zero-order valence-electron chi connectivity index (χ0n) is 9.85. The number of primary sulfonamides is 1. The third kappa shape index (κ3) is 4.48. The van der Waals surface area contributed by atoms with E-state index >= 15 is 0 Å². The molecule has 1 saturated heterocycles. The van der Waals surface area contributed by atoms with Gasteiger partial charge in [0.2, 0.25) is 15.9 Å². The minimum absolute atomic E-state index is 0.125. The summed E-state index contributed by atoms with van der Waals surface area (Å²) in [7, 11) is -3.77. The number of carbonyl (C=O) groups is 3. The molecule has 0 aliphatic carbocycles. The molecule has 1 amide bonds. The number of carboxylic acid groups (broad SMARTS) is 2. The molecule has 0 aromatic carbocycles. The maximum Gasteiger partial charge on any atom is 0.327 e. The number of sulfonamides is 1. The Morgan fingerprint density at radius 2 is 2.00 bits per heavy atom. The summed E-state index contributed by atoms with van der Waals surface area (Å²) in [6.45, 7) is -0.125. The fraction of sp³-hybridized carbons (Fsp3) is 0.667. The lowest BCUT2D eigenvalue weighted by Gasteiger charge is -2.23. The van der Waals surface area contributed by atoms with Crippen LogP contribution in [-0.2, 0) is 24.4 Å². The zero-order valence-corrected chi connectivity index (χ0v) is 10.7. The van der Waals surface area contributed by atoms with E-state index in [0.717, 1.165) is 4.90 Å². The summed E-state index contributed by atoms with van der Waals surface area (Å²) in [6.07, 6.45) is -0.886. The predicted octanol–water partition coefficient (Wildman–Crippen LogP) is -1.95. The lowest BCUT2D eigenvalue weighted by molar-refractivity contribution is -0.153. The van der Waals surface area contributed by atoms with Crippen LogP contribution in [0.2, 0.25) is 0 Å². The minimum Gasteiger partial charge on any atom is -0.481 e. The van der Waals surface area contributed by atoms with E-state index in [4.69, 9.17) is 15.4 Å². The van der Waals surface area contributed by atoms with Crippen LogP contribution in [0, 0.1) is 5.92 Å². The SMILES string of the molecule is NS(=O)(=O)CC1CC(=O)N([C@@H](CC(=O)O)C(=O)O)C1. The number of hydrogen-bond donors (Lipinski definition) is 3. The molecule has 1 rings (SSSR count). The van der Waals surface area contributed by atoms with Gasteiger partial charge in [0, 0.05) is 18.9 Å². The molecule has 0 aromatic rings. The summed E-state index contributed by atoms with van der Waals surface area (Å²) in [4.78, 5) is 34.0. The zero-order chi connectivity index (χ0) is 14.8. The molecule has 4 N–H and O–H groups in total. The quantitative estimate of drug-likeness (QED) is 0.514. The van der Waals surface area contributed by atoms with Crippen LogP contribution in [-0.4, -0.2) is 59.7 Å². The first-order chi connectivity index (χ1) is 8.60. The normalized spacial score (nSPS) is 21.4. The maximum atomic E-state index is 11.6.